The van der Waals surface area contributed by atoms with E-state index in [1.807, 2.05) is 73.7 Å². The number of benzene rings is 5. The van der Waals surface area contributed by atoms with E-state index in [2.05, 4.69) is 26.6 Å². The van der Waals surface area contributed by atoms with Crippen molar-refractivity contribution in [3.05, 3.63) is 150 Å². The zero-order chi connectivity index (χ0) is 32.8. The number of urea groups is 1. The molecule has 234 valence electrons. The van der Waals surface area contributed by atoms with Crippen LogP contribution in [0.2, 0.25) is 0 Å². The number of hydrogen-bond acceptors (Lipinski definition) is 5. The van der Waals surface area contributed by atoms with Crippen LogP contribution >= 0.6 is 0 Å². The number of nitrogens with one attached hydrogen (secondary N) is 5. The number of carbonyl (C=O) groups is 3. The average Bonchev–Trinajstić information content (AvgIpc) is 3.43. The number of anilines is 4. The van der Waals surface area contributed by atoms with E-state index in [9.17, 15) is 19.5 Å². The summed E-state index contributed by atoms with van der Waals surface area (Å²) in [7, 11) is 0. The summed E-state index contributed by atoms with van der Waals surface area (Å²) in [6.45, 7) is 2.02. The number of phenols is 1. The lowest BCUT2D eigenvalue weighted by atomic mass is 9.97. The highest BCUT2D eigenvalue weighted by Gasteiger charge is 2.30. The number of rotatable bonds is 9. The van der Waals surface area contributed by atoms with Gasteiger partial charge in [-0.15, -0.1) is 0 Å². The van der Waals surface area contributed by atoms with Gasteiger partial charge in [-0.2, -0.15) is 0 Å². The van der Waals surface area contributed by atoms with Gasteiger partial charge < -0.3 is 31.7 Å². The molecule has 47 heavy (non-hydrogen) atoms. The zero-order valence-electron chi connectivity index (χ0n) is 25.6. The van der Waals surface area contributed by atoms with Crippen LogP contribution in [0.15, 0.2) is 127 Å². The molecule has 0 aliphatic carbocycles. The molecule has 1 aliphatic heterocycles. The van der Waals surface area contributed by atoms with Gasteiger partial charge in [0.15, 0.2) is 0 Å². The first-order chi connectivity index (χ1) is 22.9. The minimum atomic E-state index is -0.487. The molecule has 9 heteroatoms. The smallest absolute Gasteiger partial charge is 0.323 e. The van der Waals surface area contributed by atoms with Gasteiger partial charge in [0.2, 0.25) is 0 Å². The van der Waals surface area contributed by atoms with Gasteiger partial charge >= 0.3 is 6.03 Å². The molecule has 6 rings (SSSR count). The Morgan fingerprint density at radius 2 is 1.36 bits per heavy atom. The average molecular weight is 624 g/mol. The van der Waals surface area contributed by atoms with E-state index in [4.69, 9.17) is 0 Å². The molecule has 0 saturated heterocycles. The predicted molar refractivity (Wildman–Crippen MR) is 186 cm³/mol. The van der Waals surface area contributed by atoms with Crippen molar-refractivity contribution in [3.8, 4) is 5.75 Å². The van der Waals surface area contributed by atoms with Gasteiger partial charge in [-0.3, -0.25) is 9.59 Å². The highest BCUT2D eigenvalue weighted by Crippen LogP contribution is 2.39. The van der Waals surface area contributed by atoms with Crippen LogP contribution < -0.4 is 26.6 Å². The van der Waals surface area contributed by atoms with Crippen LogP contribution in [0.5, 0.6) is 5.75 Å². The number of para-hydroxylation sites is 2. The summed E-state index contributed by atoms with van der Waals surface area (Å²) >= 11 is 0. The standard InChI is InChI=1S/C38H33N5O4/c1-2-30(24-11-5-3-6-12-24)41-36(45)26-17-22-31-29(23-26)34(37(46)42-31)35(25-13-7-4-8-14-25)40-32-15-9-10-16-33(32)43-38(47)39-27-18-20-28(44)21-19-27/h3-23,30,40,44H,2H2,1H3,(H,41,45)(H,42,46)(H2,39,43,47)/t30-/m1/s1. The van der Waals surface area contributed by atoms with Crippen molar-refractivity contribution in [3.63, 3.8) is 0 Å². The molecule has 1 heterocycles. The minimum Gasteiger partial charge on any atom is -0.508 e. The lowest BCUT2D eigenvalue weighted by Gasteiger charge is -2.19. The van der Waals surface area contributed by atoms with Crippen molar-refractivity contribution < 1.29 is 19.5 Å². The number of phenolic OH excluding ortho intramolecular Hbond substituents is 1. The number of amides is 4. The van der Waals surface area contributed by atoms with Crippen LogP contribution in [0.3, 0.4) is 0 Å². The lowest BCUT2D eigenvalue weighted by Crippen LogP contribution is -2.28. The van der Waals surface area contributed by atoms with Gasteiger partial charge in [-0.05, 0) is 72.1 Å². The van der Waals surface area contributed by atoms with Gasteiger partial charge in [0, 0.05) is 22.5 Å². The van der Waals surface area contributed by atoms with E-state index in [1.54, 1.807) is 48.5 Å². The van der Waals surface area contributed by atoms with Crippen LogP contribution in [0.1, 0.15) is 46.4 Å². The van der Waals surface area contributed by atoms with Gasteiger partial charge in [-0.25, -0.2) is 4.79 Å². The van der Waals surface area contributed by atoms with Gasteiger partial charge in [0.05, 0.1) is 28.7 Å². The van der Waals surface area contributed by atoms with Crippen molar-refractivity contribution in [2.24, 2.45) is 0 Å². The summed E-state index contributed by atoms with van der Waals surface area (Å²) in [6.07, 6.45) is 0.717. The summed E-state index contributed by atoms with van der Waals surface area (Å²) in [5.41, 5.74) is 5.73. The fraction of sp³-hybridized carbons (Fsp3) is 0.0789. The molecule has 0 aromatic heterocycles. The Morgan fingerprint density at radius 1 is 0.723 bits per heavy atom. The highest BCUT2D eigenvalue weighted by atomic mass is 16.3. The van der Waals surface area contributed by atoms with Gasteiger partial charge in [-0.1, -0.05) is 79.7 Å². The maximum Gasteiger partial charge on any atom is 0.323 e. The molecule has 5 aromatic carbocycles. The molecule has 6 N–H and O–H groups in total. The Morgan fingerprint density at radius 3 is 2.04 bits per heavy atom. The van der Waals surface area contributed by atoms with Crippen LogP contribution in [0.4, 0.5) is 27.5 Å². The number of carbonyl (C=O) groups excluding carboxylic acids is 3. The third-order valence-electron chi connectivity index (χ3n) is 7.81. The van der Waals surface area contributed by atoms with E-state index in [-0.39, 0.29) is 23.6 Å². The van der Waals surface area contributed by atoms with E-state index >= 15 is 0 Å². The molecule has 4 amide bonds. The summed E-state index contributed by atoms with van der Waals surface area (Å²) < 4.78 is 0. The molecule has 0 spiro atoms. The molecule has 0 bridgehead atoms. The zero-order valence-corrected chi connectivity index (χ0v) is 25.6. The molecular formula is C38H33N5O4. The second-order valence-electron chi connectivity index (χ2n) is 11.0. The molecule has 9 nitrogen and oxygen atoms in total. The lowest BCUT2D eigenvalue weighted by molar-refractivity contribution is -0.110. The largest absolute Gasteiger partial charge is 0.508 e. The second-order valence-corrected chi connectivity index (χ2v) is 11.0. The third kappa shape index (κ3) is 6.99. The fourth-order valence-corrected chi connectivity index (χ4v) is 5.45. The molecule has 1 atom stereocenters. The summed E-state index contributed by atoms with van der Waals surface area (Å²) in [5.74, 6) is -0.477. The number of hydrogen-bond donors (Lipinski definition) is 6. The van der Waals surface area contributed by atoms with E-state index < -0.39 is 6.03 Å². The van der Waals surface area contributed by atoms with Crippen molar-refractivity contribution in [2.45, 2.75) is 19.4 Å². The normalized spacial score (nSPS) is 13.5. The van der Waals surface area contributed by atoms with Crippen molar-refractivity contribution in [2.75, 3.05) is 21.3 Å². The predicted octanol–water partition coefficient (Wildman–Crippen LogP) is 7.85. The van der Waals surface area contributed by atoms with E-state index in [0.29, 0.717) is 51.6 Å². The number of fused-ring (bicyclic) bond motifs is 1. The van der Waals surface area contributed by atoms with Crippen LogP contribution in [-0.2, 0) is 4.79 Å². The highest BCUT2D eigenvalue weighted by molar-refractivity contribution is 6.37. The van der Waals surface area contributed by atoms with Crippen LogP contribution in [-0.4, -0.2) is 23.0 Å². The van der Waals surface area contributed by atoms with Gasteiger partial charge in [0.1, 0.15) is 5.75 Å². The summed E-state index contributed by atoms with van der Waals surface area (Å²) in [6, 6.07) is 37.0. The molecule has 0 unspecified atom stereocenters. The summed E-state index contributed by atoms with van der Waals surface area (Å²) in [5, 5.41) is 24.6. The molecule has 5 aromatic rings. The molecular weight excluding hydrogens is 590 g/mol. The maximum absolute atomic E-state index is 13.6. The van der Waals surface area contributed by atoms with Crippen molar-refractivity contribution in [1.29, 1.82) is 0 Å². The molecule has 0 radical (unpaired) electrons. The quantitative estimate of drug-likeness (QED) is 0.0735. The topological polar surface area (TPSA) is 132 Å². The first-order valence-electron chi connectivity index (χ1n) is 15.2. The van der Waals surface area contributed by atoms with E-state index in [1.165, 1.54) is 12.1 Å². The third-order valence-corrected chi connectivity index (χ3v) is 7.81. The Bertz CT molecular complexity index is 1960. The van der Waals surface area contributed by atoms with Crippen molar-refractivity contribution in [1.82, 2.24) is 5.32 Å². The van der Waals surface area contributed by atoms with Crippen LogP contribution in [0, 0.1) is 0 Å². The fourth-order valence-electron chi connectivity index (χ4n) is 5.45. The molecule has 0 saturated carbocycles. The SMILES string of the molecule is CC[C@@H](NC(=O)c1ccc2c(c1)C(=C(Nc1ccccc1NC(=O)Nc1ccc(O)cc1)c1ccccc1)C(=O)N2)c1ccccc1. The minimum absolute atomic E-state index is 0.0922. The van der Waals surface area contributed by atoms with Crippen molar-refractivity contribution >= 4 is 51.9 Å². The monoisotopic (exact) mass is 623 g/mol. The first-order valence-corrected chi connectivity index (χ1v) is 15.2. The number of aromatic hydroxyl groups is 1. The molecule has 1 aliphatic rings. The summed E-state index contributed by atoms with van der Waals surface area (Å²) in [4.78, 5) is 40.0. The first kappa shape index (κ1) is 30.7. The Hall–Kier alpha value is -6.35. The maximum atomic E-state index is 13.6. The molecule has 0 fully saturated rings. The van der Waals surface area contributed by atoms with E-state index in [0.717, 1.165) is 11.1 Å². The Balaban J connectivity index is 1.34. The Kier molecular flexibility index (Phi) is 8.97. The Labute approximate surface area is 272 Å². The van der Waals surface area contributed by atoms with Crippen LogP contribution in [0.25, 0.3) is 11.3 Å². The van der Waals surface area contributed by atoms with Gasteiger partial charge in [0.25, 0.3) is 11.8 Å². The second kappa shape index (κ2) is 13.7.